The van der Waals surface area contributed by atoms with Crippen LogP contribution in [-0.2, 0) is 28.5 Å². The zero-order valence-corrected chi connectivity index (χ0v) is 21.0. The van der Waals surface area contributed by atoms with Crippen LogP contribution in [0.25, 0.3) is 6.08 Å². The van der Waals surface area contributed by atoms with Crippen LogP contribution in [0.15, 0.2) is 66.7 Å². The Morgan fingerprint density at radius 1 is 1.08 bits per heavy atom. The SMILES string of the molecule is CCOC(=O)C1(N2C(=O)[C@@H](N3C(=O)OC[C@@H]3c3ccccc3)[C@H]2C=Cc2ccccc2)OC(C)OC1C. The topological polar surface area (TPSA) is 94.6 Å². The van der Waals surface area contributed by atoms with Gasteiger partial charge < -0.3 is 18.9 Å². The van der Waals surface area contributed by atoms with Gasteiger partial charge in [0.25, 0.3) is 11.6 Å². The number of amides is 2. The summed E-state index contributed by atoms with van der Waals surface area (Å²) in [5, 5.41) is 0. The van der Waals surface area contributed by atoms with Gasteiger partial charge in [0.05, 0.1) is 18.7 Å². The Balaban J connectivity index is 1.57. The molecule has 9 nitrogen and oxygen atoms in total. The second-order valence-corrected chi connectivity index (χ2v) is 9.20. The number of likely N-dealkylation sites (tertiary alicyclic amines) is 1. The maximum absolute atomic E-state index is 13.9. The van der Waals surface area contributed by atoms with E-state index in [4.69, 9.17) is 18.9 Å². The van der Waals surface area contributed by atoms with Crippen LogP contribution >= 0.6 is 0 Å². The molecule has 2 amide bonds. The Morgan fingerprint density at radius 3 is 2.38 bits per heavy atom. The molecule has 2 aromatic carbocycles. The first-order valence-corrected chi connectivity index (χ1v) is 12.5. The number of nitrogens with zero attached hydrogens (tertiary/aromatic N) is 2. The summed E-state index contributed by atoms with van der Waals surface area (Å²) in [6, 6.07) is 16.9. The summed E-state index contributed by atoms with van der Waals surface area (Å²) in [6.07, 6.45) is 1.56. The first-order valence-electron chi connectivity index (χ1n) is 12.5. The van der Waals surface area contributed by atoms with Gasteiger partial charge in [0.15, 0.2) is 6.29 Å². The highest BCUT2D eigenvalue weighted by atomic mass is 16.8. The molecule has 3 fully saturated rings. The van der Waals surface area contributed by atoms with E-state index in [1.165, 1.54) is 9.80 Å². The van der Waals surface area contributed by atoms with Crippen molar-refractivity contribution in [2.24, 2.45) is 0 Å². The molecule has 194 valence electrons. The van der Waals surface area contributed by atoms with Crippen LogP contribution in [0, 0.1) is 0 Å². The van der Waals surface area contributed by atoms with Crippen molar-refractivity contribution in [3.63, 3.8) is 0 Å². The van der Waals surface area contributed by atoms with Crippen molar-refractivity contribution >= 4 is 24.0 Å². The van der Waals surface area contributed by atoms with E-state index in [1.807, 2.05) is 72.8 Å². The summed E-state index contributed by atoms with van der Waals surface area (Å²) in [4.78, 5) is 43.1. The standard InChI is InChI=1S/C28H30N2O7/c1-4-34-26(32)28(18(2)36-19(3)37-28)30-22(16-15-20-11-7-5-8-12-20)24(25(30)31)29-23(17-35-27(29)33)21-13-9-6-10-14-21/h5-16,18-19,22-24H,4,17H2,1-3H3/t18?,19?,22-,23-,24+,28?/m1/s1. The molecule has 3 aliphatic heterocycles. The Hall–Kier alpha value is -3.69. The van der Waals surface area contributed by atoms with E-state index in [1.54, 1.807) is 20.8 Å². The molecule has 3 unspecified atom stereocenters. The number of hydrogen-bond donors (Lipinski definition) is 0. The third-order valence-corrected chi connectivity index (χ3v) is 7.01. The number of carbonyl (C=O) groups is 3. The molecule has 5 rings (SSSR count). The molecule has 6 atom stereocenters. The van der Waals surface area contributed by atoms with E-state index >= 15 is 0 Å². The summed E-state index contributed by atoms with van der Waals surface area (Å²) < 4.78 is 22.6. The van der Waals surface area contributed by atoms with Gasteiger partial charge in [-0.15, -0.1) is 0 Å². The van der Waals surface area contributed by atoms with Crippen molar-refractivity contribution in [2.75, 3.05) is 13.2 Å². The van der Waals surface area contributed by atoms with Crippen LogP contribution in [0.2, 0.25) is 0 Å². The summed E-state index contributed by atoms with van der Waals surface area (Å²) in [7, 11) is 0. The van der Waals surface area contributed by atoms with Crippen LogP contribution < -0.4 is 0 Å². The number of β-lactam (4-membered cyclic amide) rings is 1. The highest BCUT2D eigenvalue weighted by Crippen LogP contribution is 2.45. The Labute approximate surface area is 215 Å². The zero-order chi connectivity index (χ0) is 26.2. The zero-order valence-electron chi connectivity index (χ0n) is 21.0. The average Bonchev–Trinajstić information content (AvgIpc) is 3.41. The number of hydrogen-bond acceptors (Lipinski definition) is 7. The van der Waals surface area contributed by atoms with Crippen LogP contribution in [0.5, 0.6) is 0 Å². The lowest BCUT2D eigenvalue weighted by Crippen LogP contribution is -2.79. The molecular formula is C28H30N2O7. The molecule has 3 aliphatic rings. The van der Waals surface area contributed by atoms with Crippen molar-refractivity contribution < 1.29 is 33.3 Å². The Bertz CT molecular complexity index is 1190. The molecule has 3 heterocycles. The lowest BCUT2D eigenvalue weighted by Gasteiger charge is -2.55. The monoisotopic (exact) mass is 506 g/mol. The van der Waals surface area contributed by atoms with Gasteiger partial charge >= 0.3 is 12.1 Å². The second kappa shape index (κ2) is 9.99. The molecule has 0 radical (unpaired) electrons. The van der Waals surface area contributed by atoms with Crippen molar-refractivity contribution in [2.45, 2.75) is 57.0 Å². The number of rotatable bonds is 7. The highest BCUT2D eigenvalue weighted by molar-refractivity contribution is 5.98. The third kappa shape index (κ3) is 4.18. The minimum Gasteiger partial charge on any atom is -0.462 e. The maximum atomic E-state index is 13.9. The fourth-order valence-corrected chi connectivity index (χ4v) is 5.36. The van der Waals surface area contributed by atoms with Crippen LogP contribution in [0.3, 0.4) is 0 Å². The van der Waals surface area contributed by atoms with E-state index in [2.05, 4.69) is 0 Å². The Morgan fingerprint density at radius 2 is 1.76 bits per heavy atom. The van der Waals surface area contributed by atoms with Gasteiger partial charge in [-0.2, -0.15) is 0 Å². The lowest BCUT2D eigenvalue weighted by molar-refractivity contribution is -0.225. The third-order valence-electron chi connectivity index (χ3n) is 7.01. The predicted molar refractivity (Wildman–Crippen MR) is 133 cm³/mol. The number of esters is 1. The average molecular weight is 507 g/mol. The minimum absolute atomic E-state index is 0.107. The van der Waals surface area contributed by atoms with Gasteiger partial charge in [-0.3, -0.25) is 14.6 Å². The molecule has 0 saturated carbocycles. The van der Waals surface area contributed by atoms with Gasteiger partial charge in [0.2, 0.25) is 0 Å². The van der Waals surface area contributed by atoms with Gasteiger partial charge in [-0.05, 0) is 31.9 Å². The quantitative estimate of drug-likeness (QED) is 0.419. The van der Waals surface area contributed by atoms with Crippen LogP contribution in [0.4, 0.5) is 4.79 Å². The Kier molecular flexibility index (Phi) is 6.74. The molecule has 2 aromatic rings. The lowest BCUT2D eigenvalue weighted by atomic mass is 9.86. The number of benzene rings is 2. The largest absolute Gasteiger partial charge is 0.462 e. The van der Waals surface area contributed by atoms with Gasteiger partial charge in [-0.1, -0.05) is 72.8 Å². The summed E-state index contributed by atoms with van der Waals surface area (Å²) in [6.45, 7) is 5.26. The molecule has 9 heteroatoms. The molecule has 0 aliphatic carbocycles. The summed E-state index contributed by atoms with van der Waals surface area (Å²) in [5.74, 6) is -1.15. The second-order valence-electron chi connectivity index (χ2n) is 9.20. The number of cyclic esters (lactones) is 1. The van der Waals surface area contributed by atoms with Crippen LogP contribution in [0.1, 0.15) is 37.9 Å². The molecule has 0 aromatic heterocycles. The number of carbonyl (C=O) groups excluding carboxylic acids is 3. The first-order chi connectivity index (χ1) is 17.9. The predicted octanol–water partition coefficient (Wildman–Crippen LogP) is 3.51. The highest BCUT2D eigenvalue weighted by Gasteiger charge is 2.69. The van der Waals surface area contributed by atoms with Crippen LogP contribution in [-0.4, -0.2) is 71.2 Å². The van der Waals surface area contributed by atoms with Crippen molar-refractivity contribution in [1.29, 1.82) is 0 Å². The first kappa shape index (κ1) is 25.0. The summed E-state index contributed by atoms with van der Waals surface area (Å²) in [5.41, 5.74) is -0.0344. The van der Waals surface area contributed by atoms with E-state index in [0.717, 1.165) is 11.1 Å². The van der Waals surface area contributed by atoms with Gasteiger partial charge in [-0.25, -0.2) is 9.59 Å². The molecule has 0 bridgehead atoms. The fraction of sp³-hybridized carbons (Fsp3) is 0.393. The van der Waals surface area contributed by atoms with E-state index in [-0.39, 0.29) is 13.2 Å². The fourth-order valence-electron chi connectivity index (χ4n) is 5.36. The van der Waals surface area contributed by atoms with Gasteiger partial charge in [0.1, 0.15) is 18.8 Å². The molecule has 3 saturated heterocycles. The van der Waals surface area contributed by atoms with E-state index in [9.17, 15) is 14.4 Å². The molecule has 0 spiro atoms. The number of ether oxygens (including phenoxy) is 4. The van der Waals surface area contributed by atoms with Gasteiger partial charge in [0, 0.05) is 0 Å². The van der Waals surface area contributed by atoms with Crippen molar-refractivity contribution in [1.82, 2.24) is 9.80 Å². The molecule has 0 N–H and O–H groups in total. The molecule has 37 heavy (non-hydrogen) atoms. The van der Waals surface area contributed by atoms with E-state index in [0.29, 0.717) is 0 Å². The van der Waals surface area contributed by atoms with E-state index < -0.39 is 54.2 Å². The summed E-state index contributed by atoms with van der Waals surface area (Å²) >= 11 is 0. The van der Waals surface area contributed by atoms with Crippen molar-refractivity contribution in [3.05, 3.63) is 77.9 Å². The maximum Gasteiger partial charge on any atom is 0.411 e. The molecular weight excluding hydrogens is 476 g/mol. The van der Waals surface area contributed by atoms with Crippen molar-refractivity contribution in [3.8, 4) is 0 Å². The normalized spacial score (nSPS) is 31.5. The smallest absolute Gasteiger partial charge is 0.411 e. The minimum atomic E-state index is -1.79.